The highest BCUT2D eigenvalue weighted by Gasteiger charge is 2.31. The standard InChI is InChI=1S/C7H4ClF3O2S/c8-14(12)6-3-1-5(2-4-6)13-7(9,10)11/h1-4H. The molecule has 0 N–H and O–H groups in total. The molecule has 0 spiro atoms. The second kappa shape index (κ2) is 4.29. The van der Waals surface area contributed by atoms with Gasteiger partial charge >= 0.3 is 6.36 Å². The van der Waals surface area contributed by atoms with Crippen LogP contribution in [0, 0.1) is 0 Å². The molecule has 2 nitrogen and oxygen atoms in total. The van der Waals surface area contributed by atoms with E-state index in [-0.39, 0.29) is 10.6 Å². The number of rotatable bonds is 2. The van der Waals surface area contributed by atoms with E-state index in [1.807, 2.05) is 0 Å². The van der Waals surface area contributed by atoms with Gasteiger partial charge < -0.3 is 9.29 Å². The average molecular weight is 245 g/mol. The highest BCUT2D eigenvalue weighted by Crippen LogP contribution is 2.24. The molecule has 0 heterocycles. The van der Waals surface area contributed by atoms with E-state index in [0.717, 1.165) is 12.1 Å². The number of ether oxygens (including phenoxy) is 1. The lowest BCUT2D eigenvalue weighted by atomic mass is 10.3. The largest absolute Gasteiger partial charge is 0.594 e. The summed E-state index contributed by atoms with van der Waals surface area (Å²) in [6.07, 6.45) is -4.72. The minimum absolute atomic E-state index is 0.223. The van der Waals surface area contributed by atoms with Crippen LogP contribution in [0.1, 0.15) is 0 Å². The molecule has 0 fully saturated rings. The second-order valence-electron chi connectivity index (χ2n) is 2.24. The maximum atomic E-state index is 11.7. The van der Waals surface area contributed by atoms with Gasteiger partial charge in [0.15, 0.2) is 15.6 Å². The van der Waals surface area contributed by atoms with E-state index < -0.39 is 16.8 Å². The Labute approximate surface area is 85.3 Å². The summed E-state index contributed by atoms with van der Waals surface area (Å²) in [6.45, 7) is 0. The number of benzene rings is 1. The number of hydrogen-bond acceptors (Lipinski definition) is 2. The zero-order valence-electron chi connectivity index (χ0n) is 6.55. The van der Waals surface area contributed by atoms with Gasteiger partial charge in [-0.1, -0.05) is 0 Å². The fourth-order valence-electron chi connectivity index (χ4n) is 0.748. The van der Waals surface area contributed by atoms with E-state index in [4.69, 9.17) is 10.7 Å². The molecule has 0 aliphatic heterocycles. The monoisotopic (exact) mass is 244 g/mol. The van der Waals surface area contributed by atoms with E-state index in [1.165, 1.54) is 12.1 Å². The van der Waals surface area contributed by atoms with Crippen LogP contribution >= 0.6 is 10.7 Å². The predicted octanol–water partition coefficient (Wildman–Crippen LogP) is 2.85. The van der Waals surface area contributed by atoms with Crippen molar-refractivity contribution in [3.63, 3.8) is 0 Å². The first-order chi connectivity index (χ1) is 6.38. The van der Waals surface area contributed by atoms with Gasteiger partial charge in [0.2, 0.25) is 0 Å². The highest BCUT2D eigenvalue weighted by atomic mass is 35.7. The van der Waals surface area contributed by atoms with Crippen LogP contribution in [0.25, 0.3) is 0 Å². The van der Waals surface area contributed by atoms with E-state index in [1.54, 1.807) is 0 Å². The van der Waals surface area contributed by atoms with Crippen molar-refractivity contribution in [1.29, 1.82) is 0 Å². The van der Waals surface area contributed by atoms with Crippen LogP contribution in [0.2, 0.25) is 0 Å². The van der Waals surface area contributed by atoms with Crippen molar-refractivity contribution in [2.45, 2.75) is 11.3 Å². The van der Waals surface area contributed by atoms with Gasteiger partial charge in [-0.25, -0.2) is 0 Å². The lowest BCUT2D eigenvalue weighted by molar-refractivity contribution is -0.274. The van der Waals surface area contributed by atoms with Gasteiger partial charge in [0.05, 0.1) is 0 Å². The van der Waals surface area contributed by atoms with Crippen molar-refractivity contribution in [2.24, 2.45) is 0 Å². The van der Waals surface area contributed by atoms with Gasteiger partial charge in [-0.3, -0.25) is 0 Å². The molecule has 0 saturated heterocycles. The molecule has 1 unspecified atom stereocenters. The Hall–Kier alpha value is -0.590. The predicted molar refractivity (Wildman–Crippen MR) is 45.4 cm³/mol. The molecule has 7 heteroatoms. The Kier molecular flexibility index (Phi) is 3.52. The number of halogens is 4. The molecule has 0 bridgehead atoms. The molecule has 14 heavy (non-hydrogen) atoms. The molecule has 78 valence electrons. The van der Waals surface area contributed by atoms with E-state index in [0.29, 0.717) is 0 Å². The molecular weight excluding hydrogens is 241 g/mol. The van der Waals surface area contributed by atoms with Crippen LogP contribution in [-0.4, -0.2) is 10.9 Å². The van der Waals surface area contributed by atoms with Crippen LogP contribution < -0.4 is 4.74 Å². The first-order valence-electron chi connectivity index (χ1n) is 3.32. The lowest BCUT2D eigenvalue weighted by Gasteiger charge is -2.08. The van der Waals surface area contributed by atoms with E-state index >= 15 is 0 Å². The molecule has 1 rings (SSSR count). The molecular formula is C7H4ClF3O2S. The van der Waals surface area contributed by atoms with Crippen LogP contribution in [0.4, 0.5) is 13.2 Å². The highest BCUT2D eigenvalue weighted by molar-refractivity contribution is 8.13. The summed E-state index contributed by atoms with van der Waals surface area (Å²) >= 11 is 0. The second-order valence-corrected chi connectivity index (χ2v) is 4.00. The topological polar surface area (TPSA) is 32.3 Å². The molecule has 0 radical (unpaired) electrons. The van der Waals surface area contributed by atoms with E-state index in [9.17, 15) is 17.7 Å². The summed E-state index contributed by atoms with van der Waals surface area (Å²) in [7, 11) is 3.47. The Morgan fingerprint density at radius 2 is 1.71 bits per heavy atom. The van der Waals surface area contributed by atoms with Gasteiger partial charge in [0, 0.05) is 0 Å². The minimum atomic E-state index is -4.72. The van der Waals surface area contributed by atoms with Crippen LogP contribution in [0.3, 0.4) is 0 Å². The normalized spacial score (nSPS) is 13.8. The van der Waals surface area contributed by atoms with Gasteiger partial charge in [-0.05, 0) is 24.3 Å². The Balaban J connectivity index is 2.74. The Bertz CT molecular complexity index is 299. The third-order valence-corrected chi connectivity index (χ3v) is 2.42. The van der Waals surface area contributed by atoms with Crippen LogP contribution in [-0.2, 0) is 10.4 Å². The van der Waals surface area contributed by atoms with E-state index in [2.05, 4.69) is 4.74 Å². The van der Waals surface area contributed by atoms with Crippen molar-refractivity contribution in [3.05, 3.63) is 24.3 Å². The van der Waals surface area contributed by atoms with Crippen LogP contribution in [0.15, 0.2) is 29.2 Å². The fourth-order valence-corrected chi connectivity index (χ4v) is 1.41. The molecule has 1 atom stereocenters. The summed E-state index contributed by atoms with van der Waals surface area (Å²) in [5, 5.41) is 0. The smallest absolute Gasteiger partial charge is 0.573 e. The third-order valence-electron chi connectivity index (χ3n) is 1.24. The summed E-state index contributed by atoms with van der Waals surface area (Å²) in [4.78, 5) is 0.223. The SMILES string of the molecule is [O-][S+](Cl)c1ccc(OC(F)(F)F)cc1. The number of alkyl halides is 3. The summed E-state index contributed by atoms with van der Waals surface area (Å²) in [5.41, 5.74) is 0. The average Bonchev–Trinajstić information content (AvgIpc) is 2.02. The molecule has 0 saturated carbocycles. The molecule has 0 aromatic heterocycles. The zero-order valence-corrected chi connectivity index (χ0v) is 8.12. The van der Waals surface area contributed by atoms with Crippen molar-refractivity contribution in [3.8, 4) is 5.75 Å². The molecule has 1 aromatic carbocycles. The third kappa shape index (κ3) is 3.65. The zero-order chi connectivity index (χ0) is 10.8. The van der Waals surface area contributed by atoms with Gasteiger partial charge in [-0.15, -0.1) is 13.2 Å². The lowest BCUT2D eigenvalue weighted by Crippen LogP contribution is -2.17. The Morgan fingerprint density at radius 3 is 2.07 bits per heavy atom. The maximum Gasteiger partial charge on any atom is 0.573 e. The quantitative estimate of drug-likeness (QED) is 0.750. The minimum Gasteiger partial charge on any atom is -0.594 e. The Morgan fingerprint density at radius 1 is 1.21 bits per heavy atom. The fraction of sp³-hybridized carbons (Fsp3) is 0.143. The van der Waals surface area contributed by atoms with Crippen molar-refractivity contribution in [2.75, 3.05) is 0 Å². The summed E-state index contributed by atoms with van der Waals surface area (Å²) in [6, 6.07) is 4.49. The summed E-state index contributed by atoms with van der Waals surface area (Å²) < 4.78 is 49.3. The van der Waals surface area contributed by atoms with Crippen molar-refractivity contribution >= 4 is 21.1 Å². The summed E-state index contributed by atoms with van der Waals surface area (Å²) in [5.74, 6) is -0.372. The van der Waals surface area contributed by atoms with Gasteiger partial charge in [0.1, 0.15) is 16.1 Å². The molecule has 0 amide bonds. The van der Waals surface area contributed by atoms with Crippen molar-refractivity contribution < 1.29 is 22.5 Å². The molecule has 0 aliphatic carbocycles. The van der Waals surface area contributed by atoms with Gasteiger partial charge in [-0.2, -0.15) is 0 Å². The van der Waals surface area contributed by atoms with Crippen LogP contribution in [0.5, 0.6) is 5.75 Å². The van der Waals surface area contributed by atoms with Crippen molar-refractivity contribution in [1.82, 2.24) is 0 Å². The number of hydrogen-bond donors (Lipinski definition) is 0. The first kappa shape index (κ1) is 11.5. The molecule has 1 aromatic rings. The van der Waals surface area contributed by atoms with Gasteiger partial charge in [0.25, 0.3) is 0 Å². The molecule has 0 aliphatic rings. The maximum absolute atomic E-state index is 11.7. The first-order valence-corrected chi connectivity index (χ1v) is 5.30.